The lowest BCUT2D eigenvalue weighted by Crippen LogP contribution is -2.08. The summed E-state index contributed by atoms with van der Waals surface area (Å²) in [5.74, 6) is 0.830. The van der Waals surface area contributed by atoms with Crippen LogP contribution in [0.1, 0.15) is 26.7 Å². The minimum absolute atomic E-state index is 0.0869. The molecule has 6 nitrogen and oxygen atoms in total. The van der Waals surface area contributed by atoms with Crippen LogP contribution in [0.4, 0.5) is 21.8 Å². The van der Waals surface area contributed by atoms with Crippen LogP contribution < -0.4 is 15.4 Å². The fraction of sp³-hybridized carbons (Fsp3) is 0.333. The van der Waals surface area contributed by atoms with Crippen LogP contribution in [-0.4, -0.2) is 22.1 Å². The zero-order valence-corrected chi connectivity index (χ0v) is 14.0. The van der Waals surface area contributed by atoms with E-state index in [4.69, 9.17) is 9.15 Å². The molecule has 0 radical (unpaired) electrons. The van der Waals surface area contributed by atoms with Crippen molar-refractivity contribution in [3.63, 3.8) is 0 Å². The molecule has 4 rings (SSSR count). The van der Waals surface area contributed by atoms with Crippen molar-refractivity contribution in [2.45, 2.75) is 38.8 Å². The molecule has 0 saturated heterocycles. The largest absolute Gasteiger partial charge is 0.488 e. The number of furan rings is 1. The number of halogens is 1. The molecule has 1 saturated carbocycles. The van der Waals surface area contributed by atoms with Crippen molar-refractivity contribution < 1.29 is 13.5 Å². The van der Waals surface area contributed by atoms with Crippen molar-refractivity contribution in [2.24, 2.45) is 0 Å². The number of benzene rings is 1. The fourth-order valence-corrected chi connectivity index (χ4v) is 2.50. The summed E-state index contributed by atoms with van der Waals surface area (Å²) in [5.41, 5.74) is 1.87. The van der Waals surface area contributed by atoms with Gasteiger partial charge in [-0.05, 0) is 38.8 Å². The normalized spacial score (nSPS) is 14.1. The van der Waals surface area contributed by atoms with Gasteiger partial charge in [-0.15, -0.1) is 0 Å². The average molecular weight is 342 g/mol. The maximum absolute atomic E-state index is 14.1. The SMILES string of the molecule is CC(C)Oc1ccc(Nc2nc(NC3CC3)c3occc3n2)cc1F. The number of nitrogens with zero attached hydrogens (tertiary/aromatic N) is 2. The molecule has 3 aromatic rings. The first-order chi connectivity index (χ1) is 12.1. The summed E-state index contributed by atoms with van der Waals surface area (Å²) in [5, 5.41) is 6.38. The van der Waals surface area contributed by atoms with Crippen LogP contribution in [0.5, 0.6) is 5.75 Å². The van der Waals surface area contributed by atoms with Crippen LogP contribution in [0.3, 0.4) is 0 Å². The molecule has 7 heteroatoms. The van der Waals surface area contributed by atoms with Crippen LogP contribution in [0, 0.1) is 5.82 Å². The van der Waals surface area contributed by atoms with Crippen LogP contribution in [-0.2, 0) is 0 Å². The molecular formula is C18H19FN4O2. The van der Waals surface area contributed by atoms with Gasteiger partial charge in [-0.25, -0.2) is 9.37 Å². The molecule has 25 heavy (non-hydrogen) atoms. The third-order valence-corrected chi connectivity index (χ3v) is 3.77. The Balaban J connectivity index is 1.60. The van der Waals surface area contributed by atoms with Gasteiger partial charge < -0.3 is 19.8 Å². The summed E-state index contributed by atoms with van der Waals surface area (Å²) in [6.45, 7) is 3.71. The van der Waals surface area contributed by atoms with E-state index in [1.54, 1.807) is 24.5 Å². The number of ether oxygens (including phenoxy) is 1. The highest BCUT2D eigenvalue weighted by atomic mass is 19.1. The zero-order valence-electron chi connectivity index (χ0n) is 14.0. The second kappa shape index (κ2) is 6.23. The van der Waals surface area contributed by atoms with E-state index in [1.165, 1.54) is 6.07 Å². The number of hydrogen-bond acceptors (Lipinski definition) is 6. The summed E-state index contributed by atoms with van der Waals surface area (Å²) in [6, 6.07) is 6.91. The number of nitrogens with one attached hydrogen (secondary N) is 2. The third-order valence-electron chi connectivity index (χ3n) is 3.77. The molecule has 2 heterocycles. The summed E-state index contributed by atoms with van der Waals surface area (Å²) in [6.07, 6.45) is 3.74. The molecule has 130 valence electrons. The first-order valence-corrected chi connectivity index (χ1v) is 8.33. The van der Waals surface area contributed by atoms with Gasteiger partial charge in [0.1, 0.15) is 5.52 Å². The van der Waals surface area contributed by atoms with Gasteiger partial charge in [0, 0.05) is 23.9 Å². The monoisotopic (exact) mass is 342 g/mol. The smallest absolute Gasteiger partial charge is 0.229 e. The Kier molecular flexibility index (Phi) is 3.91. The molecule has 0 spiro atoms. The molecule has 0 amide bonds. The Bertz CT molecular complexity index is 905. The van der Waals surface area contributed by atoms with Crippen LogP contribution in [0.25, 0.3) is 11.1 Å². The van der Waals surface area contributed by atoms with Gasteiger partial charge in [-0.1, -0.05) is 0 Å². The first-order valence-electron chi connectivity index (χ1n) is 8.33. The molecule has 1 fully saturated rings. The second-order valence-corrected chi connectivity index (χ2v) is 6.39. The van der Waals surface area contributed by atoms with E-state index in [0.717, 1.165) is 12.8 Å². The van der Waals surface area contributed by atoms with Crippen molar-refractivity contribution in [1.82, 2.24) is 9.97 Å². The van der Waals surface area contributed by atoms with E-state index in [2.05, 4.69) is 20.6 Å². The average Bonchev–Trinajstić information content (AvgIpc) is 3.24. The molecule has 1 aliphatic carbocycles. The molecule has 2 aromatic heterocycles. The fourth-order valence-electron chi connectivity index (χ4n) is 2.50. The maximum Gasteiger partial charge on any atom is 0.229 e. The summed E-state index contributed by atoms with van der Waals surface area (Å²) in [7, 11) is 0. The lowest BCUT2D eigenvalue weighted by molar-refractivity contribution is 0.231. The third kappa shape index (κ3) is 3.50. The number of aromatic nitrogens is 2. The van der Waals surface area contributed by atoms with Gasteiger partial charge in [-0.2, -0.15) is 4.98 Å². The molecule has 1 aliphatic rings. The molecular weight excluding hydrogens is 323 g/mol. The number of fused-ring (bicyclic) bond motifs is 1. The molecule has 0 bridgehead atoms. The van der Waals surface area contributed by atoms with E-state index in [0.29, 0.717) is 34.6 Å². The molecule has 1 aromatic carbocycles. The van der Waals surface area contributed by atoms with Crippen molar-refractivity contribution in [3.8, 4) is 5.75 Å². The molecule has 0 aliphatic heterocycles. The summed E-state index contributed by atoms with van der Waals surface area (Å²) in [4.78, 5) is 8.88. The Hall–Kier alpha value is -2.83. The topological polar surface area (TPSA) is 72.2 Å². The van der Waals surface area contributed by atoms with Crippen molar-refractivity contribution in [3.05, 3.63) is 36.3 Å². The summed E-state index contributed by atoms with van der Waals surface area (Å²) < 4.78 is 25.0. The maximum atomic E-state index is 14.1. The Labute approximate surface area is 144 Å². The van der Waals surface area contributed by atoms with E-state index in [1.807, 2.05) is 13.8 Å². The highest BCUT2D eigenvalue weighted by Crippen LogP contribution is 2.30. The van der Waals surface area contributed by atoms with E-state index >= 15 is 0 Å². The van der Waals surface area contributed by atoms with Gasteiger partial charge in [0.05, 0.1) is 12.4 Å². The Morgan fingerprint density at radius 1 is 1.24 bits per heavy atom. The van der Waals surface area contributed by atoms with Crippen molar-refractivity contribution in [1.29, 1.82) is 0 Å². The van der Waals surface area contributed by atoms with Gasteiger partial charge >= 0.3 is 0 Å². The molecule has 2 N–H and O–H groups in total. The highest BCUT2D eigenvalue weighted by molar-refractivity contribution is 5.85. The van der Waals surface area contributed by atoms with Gasteiger partial charge in [0.15, 0.2) is 23.0 Å². The van der Waals surface area contributed by atoms with Crippen LogP contribution >= 0.6 is 0 Å². The highest BCUT2D eigenvalue weighted by Gasteiger charge is 2.23. The van der Waals surface area contributed by atoms with E-state index in [9.17, 15) is 4.39 Å². The van der Waals surface area contributed by atoms with Gasteiger partial charge in [0.25, 0.3) is 0 Å². The van der Waals surface area contributed by atoms with Gasteiger partial charge in [-0.3, -0.25) is 0 Å². The minimum Gasteiger partial charge on any atom is -0.488 e. The van der Waals surface area contributed by atoms with E-state index in [-0.39, 0.29) is 11.9 Å². The van der Waals surface area contributed by atoms with Crippen LogP contribution in [0.15, 0.2) is 34.9 Å². The predicted molar refractivity (Wildman–Crippen MR) is 93.9 cm³/mol. The van der Waals surface area contributed by atoms with Crippen molar-refractivity contribution in [2.75, 3.05) is 10.6 Å². The number of anilines is 3. The molecule has 0 unspecified atom stereocenters. The lowest BCUT2D eigenvalue weighted by atomic mass is 10.3. The number of rotatable bonds is 6. The first kappa shape index (κ1) is 15.7. The second-order valence-electron chi connectivity index (χ2n) is 6.39. The van der Waals surface area contributed by atoms with Crippen molar-refractivity contribution >= 4 is 28.6 Å². The minimum atomic E-state index is -0.431. The Morgan fingerprint density at radius 2 is 2.08 bits per heavy atom. The quantitative estimate of drug-likeness (QED) is 0.689. The standard InChI is InChI=1S/C18H19FN4O2/c1-10(2)25-15-6-5-12(9-13(15)19)21-18-22-14-7-8-24-16(14)17(23-18)20-11-3-4-11/h5-11H,3-4H2,1-2H3,(H2,20,21,22,23). The van der Waals surface area contributed by atoms with Gasteiger partial charge in [0.2, 0.25) is 5.95 Å². The Morgan fingerprint density at radius 3 is 2.80 bits per heavy atom. The van der Waals surface area contributed by atoms with E-state index < -0.39 is 5.82 Å². The van der Waals surface area contributed by atoms with Crippen LogP contribution in [0.2, 0.25) is 0 Å². The molecule has 0 atom stereocenters. The number of hydrogen-bond donors (Lipinski definition) is 2. The summed E-state index contributed by atoms with van der Waals surface area (Å²) >= 11 is 0. The zero-order chi connectivity index (χ0) is 17.4. The predicted octanol–water partition coefficient (Wildman–Crippen LogP) is 4.47. The lowest BCUT2D eigenvalue weighted by Gasteiger charge is -2.12.